The minimum absolute atomic E-state index is 0. The zero-order chi connectivity index (χ0) is 44.6. The molecule has 2 aliphatic rings. The van der Waals surface area contributed by atoms with Crippen LogP contribution in [0.4, 0.5) is 53.1 Å². The van der Waals surface area contributed by atoms with Crippen LogP contribution in [-0.2, 0) is 43.5 Å². The molecule has 0 atom stereocenters. The third-order valence-corrected chi connectivity index (χ3v) is 12.7. The average Bonchev–Trinajstić information content (AvgIpc) is 3.57. The monoisotopic (exact) mass is 1050 g/mol. The van der Waals surface area contributed by atoms with Gasteiger partial charge in [0.1, 0.15) is 5.82 Å². The fourth-order valence-electron chi connectivity index (χ4n) is 8.24. The van der Waals surface area contributed by atoms with E-state index in [1.54, 1.807) is 12.3 Å². The van der Waals surface area contributed by atoms with Crippen LogP contribution in [0.3, 0.4) is 0 Å². The van der Waals surface area contributed by atoms with E-state index >= 15 is 0 Å². The van der Waals surface area contributed by atoms with Crippen molar-refractivity contribution in [1.82, 2.24) is 4.98 Å². The van der Waals surface area contributed by atoms with Crippen molar-refractivity contribution in [3.8, 4) is 22.3 Å². The molecule has 9 heteroatoms. The number of rotatable bonds is 5. The molecule has 0 unspecified atom stereocenters. The molecular formula is C55H50F3N4PtS-3. The van der Waals surface area contributed by atoms with Crippen molar-refractivity contribution in [2.45, 2.75) is 94.5 Å². The summed E-state index contributed by atoms with van der Waals surface area (Å²) in [5, 5.41) is 0. The van der Waals surface area contributed by atoms with Gasteiger partial charge in [-0.3, -0.25) is 0 Å². The van der Waals surface area contributed by atoms with Crippen LogP contribution in [0.2, 0.25) is 0 Å². The van der Waals surface area contributed by atoms with Gasteiger partial charge in [0, 0.05) is 49.9 Å². The standard InChI is InChI=1S/C55H50F3N4S.Pt/c1-52(2,3)35-25-26-59-51(31-35)62-49-30-36(55(56,57)58)21-23-45(49)43-17-10-11-18-44(43)46-24-22-42(33-50(46)62)63-41-16-14-15-39(32-41)60-34-61(48-20-13-12-19-47(48)60)40-28-37(53(4,5)6)27-38(29-40)54(7,8)9;/h10-31,34H,1-9H3;/q-3;. The van der Waals surface area contributed by atoms with Crippen molar-refractivity contribution in [1.29, 1.82) is 0 Å². The first kappa shape index (κ1) is 45.3. The quantitative estimate of drug-likeness (QED) is 0.160. The Morgan fingerprint density at radius 3 is 1.75 bits per heavy atom. The Labute approximate surface area is 394 Å². The topological polar surface area (TPSA) is 22.6 Å². The van der Waals surface area contributed by atoms with Crippen LogP contribution in [-0.4, -0.2) is 4.98 Å². The molecule has 0 radical (unpaired) electrons. The maximum absolute atomic E-state index is 14.5. The molecule has 3 heterocycles. The predicted octanol–water partition coefficient (Wildman–Crippen LogP) is 16.3. The second-order valence-electron chi connectivity index (χ2n) is 19.5. The van der Waals surface area contributed by atoms with Crippen LogP contribution in [0.15, 0.2) is 143 Å². The number of nitrogens with zero attached hydrogens (tertiary/aromatic N) is 4. The van der Waals surface area contributed by atoms with Gasteiger partial charge in [-0.15, -0.1) is 57.7 Å². The zero-order valence-corrected chi connectivity index (χ0v) is 40.5. The fraction of sp³-hybridized carbons (Fsp3) is 0.236. The predicted molar refractivity (Wildman–Crippen MR) is 254 cm³/mol. The molecule has 0 bridgehead atoms. The van der Waals surface area contributed by atoms with Gasteiger partial charge in [-0.05, 0) is 87.0 Å². The Morgan fingerprint density at radius 2 is 1.11 bits per heavy atom. The smallest absolute Gasteiger partial charge is 0.416 e. The van der Waals surface area contributed by atoms with Gasteiger partial charge in [0.05, 0.1) is 11.3 Å². The van der Waals surface area contributed by atoms with Gasteiger partial charge in [0.15, 0.2) is 0 Å². The number of alkyl halides is 3. The molecule has 4 nitrogen and oxygen atoms in total. The third kappa shape index (κ3) is 8.64. The van der Waals surface area contributed by atoms with E-state index in [9.17, 15) is 13.2 Å². The van der Waals surface area contributed by atoms with E-state index in [0.29, 0.717) is 22.8 Å². The summed E-state index contributed by atoms with van der Waals surface area (Å²) in [5.41, 5.74) is 10.9. The Bertz CT molecular complexity index is 2850. The number of halogens is 3. The summed E-state index contributed by atoms with van der Waals surface area (Å²) < 4.78 is 43.5. The molecule has 6 aromatic carbocycles. The van der Waals surface area contributed by atoms with E-state index in [2.05, 4.69) is 139 Å². The van der Waals surface area contributed by atoms with Crippen LogP contribution in [0.5, 0.6) is 0 Å². The Morgan fingerprint density at radius 1 is 0.516 bits per heavy atom. The van der Waals surface area contributed by atoms with Crippen LogP contribution in [0.1, 0.15) is 84.6 Å². The average molecular weight is 1050 g/mol. The summed E-state index contributed by atoms with van der Waals surface area (Å²) in [4.78, 5) is 12.8. The van der Waals surface area contributed by atoms with Crippen molar-refractivity contribution in [2.75, 3.05) is 14.7 Å². The van der Waals surface area contributed by atoms with Gasteiger partial charge < -0.3 is 14.7 Å². The van der Waals surface area contributed by atoms with Crippen molar-refractivity contribution in [2.24, 2.45) is 0 Å². The minimum atomic E-state index is -4.55. The van der Waals surface area contributed by atoms with E-state index < -0.39 is 11.7 Å². The van der Waals surface area contributed by atoms with E-state index in [1.165, 1.54) is 29.0 Å². The van der Waals surface area contributed by atoms with Gasteiger partial charge in [0.25, 0.3) is 0 Å². The first-order valence-electron chi connectivity index (χ1n) is 21.3. The van der Waals surface area contributed by atoms with Crippen molar-refractivity contribution >= 4 is 51.7 Å². The molecule has 64 heavy (non-hydrogen) atoms. The molecule has 7 aromatic rings. The molecule has 0 aliphatic carbocycles. The minimum Gasteiger partial charge on any atom is -0.493 e. The molecule has 2 aliphatic heterocycles. The van der Waals surface area contributed by atoms with Crippen LogP contribution < -0.4 is 14.7 Å². The number of aromatic nitrogens is 1. The molecule has 1 aromatic heterocycles. The largest absolute Gasteiger partial charge is 0.493 e. The summed E-state index contributed by atoms with van der Waals surface area (Å²) in [6, 6.07) is 48.8. The summed E-state index contributed by atoms with van der Waals surface area (Å²) in [5.74, 6) is 0.513. The first-order valence-corrected chi connectivity index (χ1v) is 22.1. The molecular weight excluding hydrogens is 1000 g/mol. The number of pyridine rings is 1. The molecule has 0 fully saturated rings. The zero-order valence-electron chi connectivity index (χ0n) is 37.4. The third-order valence-electron chi connectivity index (χ3n) is 11.8. The van der Waals surface area contributed by atoms with E-state index in [1.807, 2.05) is 65.6 Å². The number of benzene rings is 6. The maximum atomic E-state index is 14.5. The van der Waals surface area contributed by atoms with Gasteiger partial charge in [-0.25, -0.2) is 4.98 Å². The van der Waals surface area contributed by atoms with Crippen molar-refractivity contribution in [3.63, 3.8) is 0 Å². The van der Waals surface area contributed by atoms with Gasteiger partial charge in [0.2, 0.25) is 0 Å². The normalized spacial score (nSPS) is 13.7. The number of hydrogen-bond donors (Lipinski definition) is 0. The maximum Gasteiger partial charge on any atom is 0.416 e. The number of fused-ring (bicyclic) bond motifs is 6. The Hall–Kier alpha value is -5.30. The number of para-hydroxylation sites is 2. The molecule has 330 valence electrons. The van der Waals surface area contributed by atoms with Crippen LogP contribution in [0, 0.1) is 18.8 Å². The van der Waals surface area contributed by atoms with Gasteiger partial charge >= 0.3 is 6.18 Å². The molecule has 0 saturated heterocycles. The fourth-order valence-corrected chi connectivity index (χ4v) is 9.06. The first-order chi connectivity index (χ1) is 29.7. The Kier molecular flexibility index (Phi) is 11.7. The molecule has 0 amide bonds. The summed E-state index contributed by atoms with van der Waals surface area (Å²) in [6.45, 7) is 22.0. The van der Waals surface area contributed by atoms with Crippen molar-refractivity contribution < 1.29 is 34.2 Å². The van der Waals surface area contributed by atoms with Crippen LogP contribution in [0.25, 0.3) is 22.3 Å². The number of anilines is 7. The van der Waals surface area contributed by atoms with E-state index in [-0.39, 0.29) is 37.3 Å². The summed E-state index contributed by atoms with van der Waals surface area (Å²) in [7, 11) is 0. The molecule has 0 N–H and O–H groups in total. The van der Waals surface area contributed by atoms with E-state index in [0.717, 1.165) is 60.9 Å². The summed E-state index contributed by atoms with van der Waals surface area (Å²) >= 11 is 1.51. The van der Waals surface area contributed by atoms with Gasteiger partial charge in [-0.2, -0.15) is 37.4 Å². The summed E-state index contributed by atoms with van der Waals surface area (Å²) in [6.07, 6.45) is -2.81. The number of hydrogen-bond acceptors (Lipinski definition) is 5. The van der Waals surface area contributed by atoms with E-state index in [4.69, 9.17) is 4.98 Å². The molecule has 9 rings (SSSR count). The molecule has 0 spiro atoms. The van der Waals surface area contributed by atoms with Gasteiger partial charge in [-0.1, -0.05) is 122 Å². The van der Waals surface area contributed by atoms with Crippen LogP contribution >= 0.6 is 11.8 Å². The Balaban J connectivity index is 0.00000560. The molecule has 0 saturated carbocycles. The second kappa shape index (κ2) is 16.6. The second-order valence-corrected chi connectivity index (χ2v) is 20.5. The SMILES string of the molecule is CC(C)(C)c1cc(N2[CH-]N(c3[c-]c(Sc4[c-]c5c(cc4)-c4ccccc4-c4ccc(C(F)(F)F)cc4N5c4cc(C(C)(C)C)ccn4)ccc3)c3ccccc32)cc(C(C)(C)C)c1.[Pt]. The van der Waals surface area contributed by atoms with Crippen molar-refractivity contribution in [3.05, 3.63) is 175 Å².